The largest absolute Gasteiger partial charge is 0.493 e. The van der Waals surface area contributed by atoms with Crippen LogP contribution in [-0.4, -0.2) is 42.3 Å². The van der Waals surface area contributed by atoms with E-state index in [-0.39, 0.29) is 10.7 Å². The van der Waals surface area contributed by atoms with Crippen LogP contribution in [0.2, 0.25) is 0 Å². The summed E-state index contributed by atoms with van der Waals surface area (Å²) in [6, 6.07) is 3.57. The van der Waals surface area contributed by atoms with Crippen molar-refractivity contribution in [1.29, 1.82) is 0 Å². The molecule has 1 N–H and O–H groups in total. The number of rotatable bonds is 7. The van der Waals surface area contributed by atoms with Gasteiger partial charge in [0.1, 0.15) is 5.01 Å². The van der Waals surface area contributed by atoms with Crippen molar-refractivity contribution < 1.29 is 19.0 Å². The van der Waals surface area contributed by atoms with E-state index in [2.05, 4.69) is 31.4 Å². The molecule has 1 heterocycles. The third kappa shape index (κ3) is 3.96. The van der Waals surface area contributed by atoms with E-state index in [0.717, 1.165) is 5.56 Å². The molecule has 0 saturated heterocycles. The van der Waals surface area contributed by atoms with Crippen LogP contribution in [0.15, 0.2) is 12.1 Å². The third-order valence-corrected chi connectivity index (χ3v) is 5.16. The van der Waals surface area contributed by atoms with Crippen LogP contribution in [0.1, 0.15) is 13.3 Å². The maximum absolute atomic E-state index is 11.9. The lowest BCUT2D eigenvalue weighted by Gasteiger charge is -2.13. The van der Waals surface area contributed by atoms with Crippen LogP contribution in [0.25, 0.3) is 10.6 Å². The molecule has 24 heavy (non-hydrogen) atoms. The van der Waals surface area contributed by atoms with Crippen molar-refractivity contribution in [3.05, 3.63) is 12.1 Å². The molecule has 0 radical (unpaired) electrons. The first kappa shape index (κ1) is 18.5. The molecular formula is C15H18BrN3O4S. The Bertz CT molecular complexity index is 697. The highest BCUT2D eigenvalue weighted by Gasteiger charge is 2.18. The molecule has 0 saturated carbocycles. The molecule has 0 aliphatic carbocycles. The lowest BCUT2D eigenvalue weighted by molar-refractivity contribution is -0.115. The Balaban J connectivity index is 2.31. The molecule has 1 unspecified atom stereocenters. The number of hydrogen-bond donors (Lipinski definition) is 1. The lowest BCUT2D eigenvalue weighted by atomic mass is 10.2. The number of hydrogen-bond acceptors (Lipinski definition) is 7. The maximum Gasteiger partial charge on any atom is 0.239 e. The fourth-order valence-electron chi connectivity index (χ4n) is 1.96. The summed E-state index contributed by atoms with van der Waals surface area (Å²) in [7, 11) is 4.64. The first-order valence-electron chi connectivity index (χ1n) is 7.12. The summed E-state index contributed by atoms with van der Waals surface area (Å²) in [5, 5.41) is 11.9. The second-order valence-electron chi connectivity index (χ2n) is 4.69. The maximum atomic E-state index is 11.9. The normalized spacial score (nSPS) is 11.7. The number of aromatic nitrogens is 2. The van der Waals surface area contributed by atoms with E-state index in [0.29, 0.717) is 33.8 Å². The standard InChI is InChI=1S/C15H18BrN3O4S/c1-5-9(16)13(20)17-15-19-18-14(24-15)8-6-10(21-2)12(23-4)11(7-8)22-3/h6-7,9H,5H2,1-4H3,(H,17,19,20). The number of nitrogens with zero attached hydrogens (tertiary/aromatic N) is 2. The van der Waals surface area contributed by atoms with E-state index >= 15 is 0 Å². The molecule has 0 bridgehead atoms. The van der Waals surface area contributed by atoms with Gasteiger partial charge in [0.05, 0.1) is 26.2 Å². The highest BCUT2D eigenvalue weighted by Crippen LogP contribution is 2.42. The molecule has 1 aromatic carbocycles. The topological polar surface area (TPSA) is 82.6 Å². The van der Waals surface area contributed by atoms with Crippen molar-refractivity contribution in [2.45, 2.75) is 18.2 Å². The molecule has 1 atom stereocenters. The summed E-state index contributed by atoms with van der Waals surface area (Å²) in [4.78, 5) is 11.6. The third-order valence-electron chi connectivity index (χ3n) is 3.21. The first-order valence-corrected chi connectivity index (χ1v) is 8.86. The van der Waals surface area contributed by atoms with Crippen LogP contribution < -0.4 is 19.5 Å². The van der Waals surface area contributed by atoms with Gasteiger partial charge in [0, 0.05) is 5.56 Å². The first-order chi connectivity index (χ1) is 11.5. The van der Waals surface area contributed by atoms with Gasteiger partial charge < -0.3 is 14.2 Å². The minimum absolute atomic E-state index is 0.148. The van der Waals surface area contributed by atoms with Gasteiger partial charge in [-0.3, -0.25) is 10.1 Å². The van der Waals surface area contributed by atoms with Gasteiger partial charge in [0.2, 0.25) is 16.8 Å². The zero-order valence-electron chi connectivity index (χ0n) is 13.8. The summed E-state index contributed by atoms with van der Waals surface area (Å²) in [6.45, 7) is 1.92. The fraction of sp³-hybridized carbons (Fsp3) is 0.400. The van der Waals surface area contributed by atoms with E-state index in [9.17, 15) is 4.79 Å². The quantitative estimate of drug-likeness (QED) is 0.698. The van der Waals surface area contributed by atoms with Crippen LogP contribution in [0.4, 0.5) is 5.13 Å². The summed E-state index contributed by atoms with van der Waals surface area (Å²) >= 11 is 4.57. The minimum Gasteiger partial charge on any atom is -0.493 e. The second kappa shape index (κ2) is 8.29. The van der Waals surface area contributed by atoms with Crippen molar-refractivity contribution in [2.75, 3.05) is 26.6 Å². The van der Waals surface area contributed by atoms with Crippen LogP contribution in [0.5, 0.6) is 17.2 Å². The molecule has 0 aliphatic rings. The molecule has 1 amide bonds. The molecule has 130 valence electrons. The van der Waals surface area contributed by atoms with Gasteiger partial charge in [-0.05, 0) is 18.6 Å². The number of amides is 1. The van der Waals surface area contributed by atoms with E-state index in [1.807, 2.05) is 6.92 Å². The number of alkyl halides is 1. The Morgan fingerprint density at radius 3 is 2.33 bits per heavy atom. The number of ether oxygens (including phenoxy) is 3. The Morgan fingerprint density at radius 2 is 1.83 bits per heavy atom. The van der Waals surface area contributed by atoms with Crippen LogP contribution >= 0.6 is 27.3 Å². The number of benzene rings is 1. The Labute approximate surface area is 152 Å². The lowest BCUT2D eigenvalue weighted by Crippen LogP contribution is -2.21. The number of nitrogens with one attached hydrogen (secondary N) is 1. The SMILES string of the molecule is CCC(Br)C(=O)Nc1nnc(-c2cc(OC)c(OC)c(OC)c2)s1. The summed E-state index contributed by atoms with van der Waals surface area (Å²) in [5.41, 5.74) is 0.758. The molecule has 0 fully saturated rings. The van der Waals surface area contributed by atoms with Crippen LogP contribution in [0.3, 0.4) is 0 Å². The monoisotopic (exact) mass is 415 g/mol. The van der Waals surface area contributed by atoms with E-state index in [1.165, 1.54) is 11.3 Å². The van der Waals surface area contributed by atoms with Gasteiger partial charge in [-0.1, -0.05) is 34.2 Å². The van der Waals surface area contributed by atoms with E-state index < -0.39 is 0 Å². The van der Waals surface area contributed by atoms with Gasteiger partial charge in [0.15, 0.2) is 11.5 Å². The Hall–Kier alpha value is -1.87. The van der Waals surface area contributed by atoms with Crippen molar-refractivity contribution >= 4 is 38.3 Å². The molecule has 0 spiro atoms. The average molecular weight is 416 g/mol. The molecule has 1 aromatic heterocycles. The predicted molar refractivity (Wildman–Crippen MR) is 96.6 cm³/mol. The molecule has 2 rings (SSSR count). The summed E-state index contributed by atoms with van der Waals surface area (Å²) in [6.07, 6.45) is 0.685. The Kier molecular flexibility index (Phi) is 6.38. The minimum atomic E-state index is -0.258. The van der Waals surface area contributed by atoms with Gasteiger partial charge in [-0.2, -0.15) is 0 Å². The van der Waals surface area contributed by atoms with Crippen molar-refractivity contribution in [1.82, 2.24) is 10.2 Å². The summed E-state index contributed by atoms with van der Waals surface area (Å²) in [5.74, 6) is 1.41. The number of carbonyl (C=O) groups excluding carboxylic acids is 1. The highest BCUT2D eigenvalue weighted by atomic mass is 79.9. The van der Waals surface area contributed by atoms with Crippen molar-refractivity contribution in [3.8, 4) is 27.8 Å². The number of anilines is 1. The summed E-state index contributed by atoms with van der Waals surface area (Å²) < 4.78 is 16.0. The van der Waals surface area contributed by atoms with Crippen molar-refractivity contribution in [2.24, 2.45) is 0 Å². The number of methoxy groups -OCH3 is 3. The van der Waals surface area contributed by atoms with Gasteiger partial charge in [-0.15, -0.1) is 10.2 Å². The number of halogens is 1. The van der Waals surface area contributed by atoms with Crippen molar-refractivity contribution in [3.63, 3.8) is 0 Å². The zero-order valence-corrected chi connectivity index (χ0v) is 16.2. The fourth-order valence-corrected chi connectivity index (χ4v) is 2.81. The average Bonchev–Trinajstić information content (AvgIpc) is 3.07. The van der Waals surface area contributed by atoms with Crippen LogP contribution in [0, 0.1) is 0 Å². The Morgan fingerprint density at radius 1 is 1.21 bits per heavy atom. The smallest absolute Gasteiger partial charge is 0.239 e. The molecule has 0 aliphatic heterocycles. The molecule has 2 aromatic rings. The predicted octanol–water partition coefficient (Wildman–Crippen LogP) is 3.34. The molecular weight excluding hydrogens is 398 g/mol. The molecule has 9 heteroatoms. The van der Waals surface area contributed by atoms with Gasteiger partial charge in [0.25, 0.3) is 0 Å². The van der Waals surface area contributed by atoms with Gasteiger partial charge in [-0.25, -0.2) is 0 Å². The van der Waals surface area contributed by atoms with Gasteiger partial charge >= 0.3 is 0 Å². The van der Waals surface area contributed by atoms with E-state index in [1.54, 1.807) is 33.5 Å². The van der Waals surface area contributed by atoms with Crippen LogP contribution in [-0.2, 0) is 4.79 Å². The second-order valence-corrected chi connectivity index (χ2v) is 6.77. The highest BCUT2D eigenvalue weighted by molar-refractivity contribution is 9.10. The van der Waals surface area contributed by atoms with E-state index in [4.69, 9.17) is 14.2 Å². The zero-order chi connectivity index (χ0) is 17.7. The molecule has 7 nitrogen and oxygen atoms in total. The number of carbonyl (C=O) groups is 1.